The lowest BCUT2D eigenvalue weighted by Gasteiger charge is -2.33. The zero-order valence-corrected chi connectivity index (χ0v) is 25.4. The highest BCUT2D eigenvalue weighted by molar-refractivity contribution is 5.98. The van der Waals surface area contributed by atoms with Crippen molar-refractivity contribution in [3.63, 3.8) is 0 Å². The second kappa shape index (κ2) is 11.9. The Balaban J connectivity index is 1.30. The maximum atomic E-state index is 13.5. The molecule has 0 bridgehead atoms. The lowest BCUT2D eigenvalue weighted by atomic mass is 10.0. The SMILES string of the molecule is CCn1c(CNC(=O)c2nc3cc[nH]c3nc2N)[n+](CC)c2ccc(C(=O)N3CCC(NC(=O)OC(C)(C)C)CC3)cc21. The number of aromatic amines is 1. The van der Waals surface area contributed by atoms with Gasteiger partial charge in [-0.1, -0.05) is 0 Å². The van der Waals surface area contributed by atoms with Gasteiger partial charge in [-0.15, -0.1) is 0 Å². The van der Waals surface area contributed by atoms with Crippen LogP contribution in [0.5, 0.6) is 0 Å². The summed E-state index contributed by atoms with van der Waals surface area (Å²) in [6.45, 7) is 12.2. The van der Waals surface area contributed by atoms with Crippen LogP contribution in [0.1, 0.15) is 74.1 Å². The molecule has 0 aliphatic carbocycles. The van der Waals surface area contributed by atoms with E-state index < -0.39 is 17.6 Å². The molecule has 0 saturated carbocycles. The van der Waals surface area contributed by atoms with Gasteiger partial charge in [0.15, 0.2) is 28.2 Å². The van der Waals surface area contributed by atoms with Gasteiger partial charge in [-0.3, -0.25) is 9.59 Å². The van der Waals surface area contributed by atoms with Crippen LogP contribution in [-0.4, -0.2) is 67.1 Å². The van der Waals surface area contributed by atoms with Crippen LogP contribution in [0.2, 0.25) is 0 Å². The van der Waals surface area contributed by atoms with Gasteiger partial charge >= 0.3 is 6.09 Å². The van der Waals surface area contributed by atoms with Crippen molar-refractivity contribution in [3.8, 4) is 0 Å². The smallest absolute Gasteiger partial charge is 0.407 e. The molecule has 13 nitrogen and oxygen atoms in total. The first kappa shape index (κ1) is 29.8. The molecule has 1 aromatic carbocycles. The molecule has 43 heavy (non-hydrogen) atoms. The summed E-state index contributed by atoms with van der Waals surface area (Å²) < 4.78 is 9.61. The van der Waals surface area contributed by atoms with E-state index in [-0.39, 0.29) is 30.0 Å². The number of hydrogen-bond donors (Lipinski definition) is 4. The Bertz CT molecular complexity index is 1680. The largest absolute Gasteiger partial charge is 0.444 e. The molecule has 4 aromatic rings. The number of amides is 3. The lowest BCUT2D eigenvalue weighted by molar-refractivity contribution is -0.676. The number of aromatic nitrogens is 5. The number of alkyl carbamates (subject to hydrolysis) is 1. The Kier molecular flexibility index (Phi) is 8.25. The molecule has 3 amide bonds. The lowest BCUT2D eigenvalue weighted by Crippen LogP contribution is -2.47. The maximum Gasteiger partial charge on any atom is 0.407 e. The van der Waals surface area contributed by atoms with Gasteiger partial charge in [0.2, 0.25) is 0 Å². The summed E-state index contributed by atoms with van der Waals surface area (Å²) in [5.41, 5.74) is 9.10. The van der Waals surface area contributed by atoms with Crippen LogP contribution in [0.25, 0.3) is 22.2 Å². The molecule has 0 unspecified atom stereocenters. The fraction of sp³-hybridized carbons (Fsp3) is 0.467. The molecule has 5 rings (SSSR count). The number of rotatable bonds is 7. The average molecular weight is 591 g/mol. The first-order valence-electron chi connectivity index (χ1n) is 14.7. The van der Waals surface area contributed by atoms with Gasteiger partial charge in [-0.2, -0.15) is 0 Å². The zero-order chi connectivity index (χ0) is 30.9. The van der Waals surface area contributed by atoms with Crippen molar-refractivity contribution in [1.29, 1.82) is 0 Å². The quantitative estimate of drug-likeness (QED) is 0.240. The van der Waals surface area contributed by atoms with Gasteiger partial charge in [-0.25, -0.2) is 23.9 Å². The number of aryl methyl sites for hydroxylation is 2. The minimum Gasteiger partial charge on any atom is -0.444 e. The number of likely N-dealkylation sites (tertiary alicyclic amines) is 1. The van der Waals surface area contributed by atoms with Gasteiger partial charge in [0.25, 0.3) is 17.6 Å². The van der Waals surface area contributed by atoms with Gasteiger partial charge in [-0.05, 0) is 65.7 Å². The highest BCUT2D eigenvalue weighted by atomic mass is 16.6. The van der Waals surface area contributed by atoms with Crippen molar-refractivity contribution >= 4 is 45.9 Å². The van der Waals surface area contributed by atoms with Gasteiger partial charge in [0, 0.05) is 37.0 Å². The number of fused-ring (bicyclic) bond motifs is 2. The van der Waals surface area contributed by atoms with Crippen molar-refractivity contribution < 1.29 is 23.7 Å². The number of nitrogens with zero attached hydrogens (tertiary/aromatic N) is 5. The molecule has 5 N–H and O–H groups in total. The van der Waals surface area contributed by atoms with Crippen molar-refractivity contribution in [2.45, 2.75) is 78.7 Å². The van der Waals surface area contributed by atoms with Gasteiger partial charge in [0.1, 0.15) is 17.7 Å². The number of carbonyl (C=O) groups excluding carboxylic acids is 3. The Morgan fingerprint density at radius 3 is 2.56 bits per heavy atom. The van der Waals surface area contributed by atoms with E-state index in [9.17, 15) is 14.4 Å². The van der Waals surface area contributed by atoms with Crippen molar-refractivity contribution in [3.05, 3.63) is 47.5 Å². The molecular formula is C30H40N9O4+. The van der Waals surface area contributed by atoms with Crippen molar-refractivity contribution in [2.75, 3.05) is 18.8 Å². The maximum absolute atomic E-state index is 13.5. The number of imidazole rings is 1. The molecule has 4 heterocycles. The number of H-pyrrole nitrogens is 1. The predicted octanol–water partition coefficient (Wildman–Crippen LogP) is 2.88. The van der Waals surface area contributed by atoms with Gasteiger partial charge < -0.3 is 31.0 Å². The van der Waals surface area contributed by atoms with Crippen LogP contribution in [0.15, 0.2) is 30.5 Å². The highest BCUT2D eigenvalue weighted by Gasteiger charge is 2.29. The van der Waals surface area contributed by atoms with Crippen molar-refractivity contribution in [1.82, 2.24) is 35.1 Å². The highest BCUT2D eigenvalue weighted by Crippen LogP contribution is 2.21. The number of benzene rings is 1. The molecule has 0 atom stereocenters. The Labute approximate surface area is 249 Å². The van der Waals surface area contributed by atoms with Crippen molar-refractivity contribution in [2.24, 2.45) is 0 Å². The number of ether oxygens (including phenoxy) is 1. The minimum atomic E-state index is -0.558. The summed E-state index contributed by atoms with van der Waals surface area (Å²) in [6, 6.07) is 7.44. The predicted molar refractivity (Wildman–Crippen MR) is 161 cm³/mol. The number of nitrogens with two attached hydrogens (primary N) is 1. The van der Waals surface area contributed by atoms with E-state index in [1.165, 1.54) is 0 Å². The molecule has 13 heteroatoms. The Morgan fingerprint density at radius 1 is 1.14 bits per heavy atom. The van der Waals surface area contributed by atoms with E-state index in [0.29, 0.717) is 55.7 Å². The molecule has 0 spiro atoms. The first-order chi connectivity index (χ1) is 20.5. The molecule has 3 aromatic heterocycles. The fourth-order valence-electron chi connectivity index (χ4n) is 5.60. The van der Waals surface area contributed by atoms with E-state index in [1.54, 1.807) is 12.3 Å². The summed E-state index contributed by atoms with van der Waals surface area (Å²) in [5.74, 6) is 0.485. The van der Waals surface area contributed by atoms with Crippen LogP contribution < -0.4 is 20.9 Å². The number of hydrogen-bond acceptors (Lipinski definition) is 7. The minimum absolute atomic E-state index is 0.0359. The molecule has 1 saturated heterocycles. The average Bonchev–Trinajstić information content (AvgIpc) is 3.54. The van der Waals surface area contributed by atoms with E-state index >= 15 is 0 Å². The number of carbonyl (C=O) groups is 3. The third kappa shape index (κ3) is 6.25. The fourth-order valence-corrected chi connectivity index (χ4v) is 5.60. The third-order valence-corrected chi connectivity index (χ3v) is 7.60. The molecular weight excluding hydrogens is 550 g/mol. The van der Waals surface area contributed by atoms with E-state index in [1.807, 2.05) is 57.7 Å². The first-order valence-corrected chi connectivity index (χ1v) is 14.7. The summed E-state index contributed by atoms with van der Waals surface area (Å²) in [5, 5.41) is 5.87. The Hall–Kier alpha value is -4.68. The second-order valence-corrected chi connectivity index (χ2v) is 11.7. The molecule has 0 radical (unpaired) electrons. The summed E-state index contributed by atoms with van der Waals surface area (Å²) in [4.78, 5) is 52.1. The normalized spacial score (nSPS) is 14.3. The zero-order valence-electron chi connectivity index (χ0n) is 25.4. The number of nitrogen functional groups attached to an aromatic ring is 1. The standard InChI is InChI=1S/C30H39N9O4/c1-6-38-21-9-8-18(28(41)37-14-11-19(12-15-37)34-29(42)43-30(3,4)5)16-22(21)39(7-2)23(38)17-33-27(40)24-25(31)36-26-20(35-24)10-13-32-26/h8-10,13,16,19H,6-7,11-12,14-15,17H2,1-5H3,(H4-,31,32,33,34,35,36,40,42)/p+1. The van der Waals surface area contributed by atoms with Crippen LogP contribution >= 0.6 is 0 Å². The number of piperidine rings is 1. The van der Waals surface area contributed by atoms with E-state index in [0.717, 1.165) is 16.9 Å². The van der Waals surface area contributed by atoms with Crippen LogP contribution in [-0.2, 0) is 24.4 Å². The molecule has 1 aliphatic heterocycles. The van der Waals surface area contributed by atoms with Crippen LogP contribution in [0.3, 0.4) is 0 Å². The number of nitrogens with one attached hydrogen (secondary N) is 3. The Morgan fingerprint density at radius 2 is 1.88 bits per heavy atom. The molecule has 1 fully saturated rings. The second-order valence-electron chi connectivity index (χ2n) is 11.7. The monoisotopic (exact) mass is 590 g/mol. The summed E-state index contributed by atoms with van der Waals surface area (Å²) >= 11 is 0. The summed E-state index contributed by atoms with van der Waals surface area (Å²) in [7, 11) is 0. The number of anilines is 1. The summed E-state index contributed by atoms with van der Waals surface area (Å²) in [6.07, 6.45) is 2.58. The van der Waals surface area contributed by atoms with Crippen LogP contribution in [0, 0.1) is 0 Å². The van der Waals surface area contributed by atoms with E-state index in [4.69, 9.17) is 10.5 Å². The molecule has 228 valence electrons. The topological polar surface area (TPSA) is 164 Å². The van der Waals surface area contributed by atoms with Gasteiger partial charge in [0.05, 0.1) is 13.1 Å². The molecule has 1 aliphatic rings. The van der Waals surface area contributed by atoms with Crippen LogP contribution in [0.4, 0.5) is 10.6 Å². The van der Waals surface area contributed by atoms with E-state index in [2.05, 4.69) is 34.7 Å². The third-order valence-electron chi connectivity index (χ3n) is 7.60.